The number of aryl methyl sites for hydroxylation is 2. The SMILES string of the molecule is CCNC(=NCc1ccnc(N(C)C)c1)N1CCOC(c2ccc(C)cc2C)C1. The van der Waals surface area contributed by atoms with Crippen LogP contribution in [0.3, 0.4) is 0 Å². The molecule has 0 radical (unpaired) electrons. The molecule has 1 aromatic carbocycles. The fourth-order valence-corrected chi connectivity index (χ4v) is 3.61. The van der Waals surface area contributed by atoms with Crippen LogP contribution in [0.5, 0.6) is 0 Å². The van der Waals surface area contributed by atoms with Crippen molar-refractivity contribution in [1.82, 2.24) is 15.2 Å². The maximum atomic E-state index is 6.11. The van der Waals surface area contributed by atoms with Gasteiger partial charge >= 0.3 is 0 Å². The molecule has 1 fully saturated rings. The summed E-state index contributed by atoms with van der Waals surface area (Å²) in [6.45, 7) is 10.2. The zero-order valence-corrected chi connectivity index (χ0v) is 18.3. The summed E-state index contributed by atoms with van der Waals surface area (Å²) < 4.78 is 6.11. The summed E-state index contributed by atoms with van der Waals surface area (Å²) in [5, 5.41) is 3.45. The molecule has 0 saturated carbocycles. The van der Waals surface area contributed by atoms with Crippen molar-refractivity contribution in [3.05, 3.63) is 58.8 Å². The molecular formula is C23H33N5O. The van der Waals surface area contributed by atoms with Gasteiger partial charge in [-0.25, -0.2) is 9.98 Å². The zero-order valence-electron chi connectivity index (χ0n) is 18.3. The van der Waals surface area contributed by atoms with Gasteiger partial charge in [-0.1, -0.05) is 23.8 Å². The lowest BCUT2D eigenvalue weighted by molar-refractivity contribution is -0.00834. The Labute approximate surface area is 174 Å². The molecule has 0 spiro atoms. The molecule has 2 aromatic rings. The van der Waals surface area contributed by atoms with E-state index in [4.69, 9.17) is 9.73 Å². The molecule has 1 unspecified atom stereocenters. The lowest BCUT2D eigenvalue weighted by Gasteiger charge is -2.36. The number of morpholine rings is 1. The molecule has 0 amide bonds. The zero-order chi connectivity index (χ0) is 20.8. The van der Waals surface area contributed by atoms with E-state index >= 15 is 0 Å². The number of rotatable bonds is 5. The lowest BCUT2D eigenvalue weighted by Crippen LogP contribution is -2.48. The number of nitrogens with zero attached hydrogens (tertiary/aromatic N) is 4. The number of aliphatic imine (C=N–C) groups is 1. The van der Waals surface area contributed by atoms with Crippen LogP contribution >= 0.6 is 0 Å². The van der Waals surface area contributed by atoms with Crippen molar-refractivity contribution in [3.8, 4) is 0 Å². The van der Waals surface area contributed by atoms with Crippen LogP contribution in [0, 0.1) is 13.8 Å². The number of nitrogens with one attached hydrogen (secondary N) is 1. The van der Waals surface area contributed by atoms with E-state index in [2.05, 4.69) is 60.2 Å². The van der Waals surface area contributed by atoms with Crippen molar-refractivity contribution in [2.75, 3.05) is 45.2 Å². The third-order valence-electron chi connectivity index (χ3n) is 5.15. The fourth-order valence-electron chi connectivity index (χ4n) is 3.61. The van der Waals surface area contributed by atoms with Gasteiger partial charge in [0, 0.05) is 33.4 Å². The Hall–Kier alpha value is -2.60. The van der Waals surface area contributed by atoms with E-state index in [-0.39, 0.29) is 6.10 Å². The molecule has 1 aliphatic rings. The average molecular weight is 396 g/mol. The monoisotopic (exact) mass is 395 g/mol. The van der Waals surface area contributed by atoms with Gasteiger partial charge in [-0.3, -0.25) is 0 Å². The smallest absolute Gasteiger partial charge is 0.194 e. The van der Waals surface area contributed by atoms with Gasteiger partial charge < -0.3 is 19.9 Å². The molecule has 29 heavy (non-hydrogen) atoms. The summed E-state index contributed by atoms with van der Waals surface area (Å²) in [5.74, 6) is 1.89. The molecule has 6 nitrogen and oxygen atoms in total. The molecule has 0 aliphatic carbocycles. The van der Waals surface area contributed by atoms with Crippen LogP contribution in [-0.2, 0) is 11.3 Å². The van der Waals surface area contributed by atoms with E-state index in [1.165, 1.54) is 16.7 Å². The van der Waals surface area contributed by atoms with Crippen LogP contribution < -0.4 is 10.2 Å². The molecular weight excluding hydrogens is 362 g/mol. The topological polar surface area (TPSA) is 53.0 Å². The third-order valence-corrected chi connectivity index (χ3v) is 5.15. The van der Waals surface area contributed by atoms with E-state index in [9.17, 15) is 0 Å². The molecule has 1 N–H and O–H groups in total. The molecule has 3 rings (SSSR count). The Morgan fingerprint density at radius 1 is 1.28 bits per heavy atom. The average Bonchev–Trinajstić information content (AvgIpc) is 2.71. The maximum Gasteiger partial charge on any atom is 0.194 e. The van der Waals surface area contributed by atoms with E-state index in [1.807, 2.05) is 31.3 Å². The third kappa shape index (κ3) is 5.48. The first kappa shape index (κ1) is 21.1. The molecule has 1 saturated heterocycles. The van der Waals surface area contributed by atoms with Gasteiger partial charge in [0.05, 0.1) is 19.7 Å². The predicted octanol–water partition coefficient (Wildman–Crippen LogP) is 3.30. The maximum absolute atomic E-state index is 6.11. The fraction of sp³-hybridized carbons (Fsp3) is 0.478. The molecule has 2 heterocycles. The minimum absolute atomic E-state index is 0.0643. The molecule has 1 aliphatic heterocycles. The summed E-state index contributed by atoms with van der Waals surface area (Å²) in [6, 6.07) is 10.7. The van der Waals surface area contributed by atoms with Gasteiger partial charge in [-0.2, -0.15) is 0 Å². The quantitative estimate of drug-likeness (QED) is 0.622. The number of aromatic nitrogens is 1. The summed E-state index contributed by atoms with van der Waals surface area (Å²) in [4.78, 5) is 13.6. The van der Waals surface area contributed by atoms with Crippen molar-refractivity contribution >= 4 is 11.8 Å². The van der Waals surface area contributed by atoms with Crippen molar-refractivity contribution in [3.63, 3.8) is 0 Å². The van der Waals surface area contributed by atoms with Crippen molar-refractivity contribution in [1.29, 1.82) is 0 Å². The Morgan fingerprint density at radius 2 is 2.10 bits per heavy atom. The van der Waals surface area contributed by atoms with E-state index in [0.29, 0.717) is 13.2 Å². The van der Waals surface area contributed by atoms with Gasteiger partial charge in [0.2, 0.25) is 0 Å². The van der Waals surface area contributed by atoms with E-state index in [1.54, 1.807) is 0 Å². The minimum atomic E-state index is 0.0643. The normalized spacial score (nSPS) is 17.3. The van der Waals surface area contributed by atoms with Crippen LogP contribution in [0.25, 0.3) is 0 Å². The van der Waals surface area contributed by atoms with Gasteiger partial charge in [0.1, 0.15) is 11.9 Å². The van der Waals surface area contributed by atoms with Crippen molar-refractivity contribution in [2.45, 2.75) is 33.4 Å². The first-order chi connectivity index (χ1) is 14.0. The first-order valence-corrected chi connectivity index (χ1v) is 10.3. The highest BCUT2D eigenvalue weighted by Gasteiger charge is 2.25. The van der Waals surface area contributed by atoms with Gasteiger partial charge in [-0.05, 0) is 49.6 Å². The molecule has 6 heteroatoms. The lowest BCUT2D eigenvalue weighted by atomic mass is 10.00. The minimum Gasteiger partial charge on any atom is -0.370 e. The number of benzene rings is 1. The Kier molecular flexibility index (Phi) is 7.09. The number of pyridine rings is 1. The van der Waals surface area contributed by atoms with Crippen LogP contribution in [0.4, 0.5) is 5.82 Å². The molecule has 156 valence electrons. The molecule has 1 aromatic heterocycles. The van der Waals surface area contributed by atoms with Crippen LogP contribution in [0.15, 0.2) is 41.5 Å². The number of hydrogen-bond acceptors (Lipinski definition) is 4. The van der Waals surface area contributed by atoms with E-state index in [0.717, 1.165) is 37.0 Å². The van der Waals surface area contributed by atoms with Crippen LogP contribution in [-0.4, -0.2) is 56.2 Å². The number of anilines is 1. The Bertz CT molecular complexity index is 849. The summed E-state index contributed by atoms with van der Waals surface area (Å²) in [6.07, 6.45) is 1.91. The number of ether oxygens (including phenoxy) is 1. The highest BCUT2D eigenvalue weighted by Crippen LogP contribution is 2.26. The number of hydrogen-bond donors (Lipinski definition) is 1. The number of guanidine groups is 1. The highest BCUT2D eigenvalue weighted by molar-refractivity contribution is 5.80. The largest absolute Gasteiger partial charge is 0.370 e. The highest BCUT2D eigenvalue weighted by atomic mass is 16.5. The second-order valence-corrected chi connectivity index (χ2v) is 7.75. The molecule has 0 bridgehead atoms. The second kappa shape index (κ2) is 9.74. The second-order valence-electron chi connectivity index (χ2n) is 7.75. The van der Waals surface area contributed by atoms with Crippen molar-refractivity contribution in [2.24, 2.45) is 4.99 Å². The predicted molar refractivity (Wildman–Crippen MR) is 120 cm³/mol. The molecule has 1 atom stereocenters. The summed E-state index contributed by atoms with van der Waals surface area (Å²) in [5.41, 5.74) is 4.98. The first-order valence-electron chi connectivity index (χ1n) is 10.3. The van der Waals surface area contributed by atoms with Crippen LogP contribution in [0.2, 0.25) is 0 Å². The summed E-state index contributed by atoms with van der Waals surface area (Å²) >= 11 is 0. The standard InChI is InChI=1S/C23H33N5O/c1-6-24-23(26-15-19-9-10-25-22(14-19)27(4)5)28-11-12-29-21(16-28)20-8-7-17(2)13-18(20)3/h7-10,13-14,21H,6,11-12,15-16H2,1-5H3,(H,24,26). The van der Waals surface area contributed by atoms with Gasteiger partial charge in [-0.15, -0.1) is 0 Å². The van der Waals surface area contributed by atoms with Crippen molar-refractivity contribution < 1.29 is 4.74 Å². The van der Waals surface area contributed by atoms with E-state index < -0.39 is 0 Å². The van der Waals surface area contributed by atoms with Gasteiger partial charge in [0.15, 0.2) is 5.96 Å². The summed E-state index contributed by atoms with van der Waals surface area (Å²) in [7, 11) is 4.00. The Morgan fingerprint density at radius 3 is 2.83 bits per heavy atom. The Balaban J connectivity index is 1.75. The van der Waals surface area contributed by atoms with Gasteiger partial charge in [0.25, 0.3) is 0 Å². The van der Waals surface area contributed by atoms with Crippen LogP contribution in [0.1, 0.15) is 35.3 Å².